The molecule has 5 nitrogen and oxygen atoms in total. The van der Waals surface area contributed by atoms with E-state index in [1.165, 1.54) is 23.3 Å². The molecule has 1 amide bonds. The number of fused-ring (bicyclic) bond motifs is 1. The Morgan fingerprint density at radius 3 is 2.64 bits per heavy atom. The molecule has 4 rings (SSSR count). The molecule has 2 heterocycles. The number of aromatic nitrogens is 2. The molecule has 142 valence electrons. The van der Waals surface area contributed by atoms with Gasteiger partial charge in [-0.1, -0.05) is 36.4 Å². The molecule has 0 fully saturated rings. The van der Waals surface area contributed by atoms with Crippen LogP contribution in [0.25, 0.3) is 0 Å². The van der Waals surface area contributed by atoms with Crippen molar-refractivity contribution in [1.82, 2.24) is 14.9 Å². The van der Waals surface area contributed by atoms with Crippen LogP contribution in [0, 0.1) is 12.7 Å². The van der Waals surface area contributed by atoms with Gasteiger partial charge in [-0.25, -0.2) is 14.4 Å². The van der Waals surface area contributed by atoms with E-state index in [9.17, 15) is 9.18 Å². The number of nitrogens with zero attached hydrogens (tertiary/aromatic N) is 3. The highest BCUT2D eigenvalue weighted by molar-refractivity contribution is 5.93. The van der Waals surface area contributed by atoms with E-state index in [2.05, 4.69) is 27.4 Å². The van der Waals surface area contributed by atoms with Crippen LogP contribution < -0.4 is 5.32 Å². The van der Waals surface area contributed by atoms with E-state index in [4.69, 9.17) is 0 Å². The van der Waals surface area contributed by atoms with Gasteiger partial charge in [0.1, 0.15) is 23.2 Å². The first kappa shape index (κ1) is 18.1. The van der Waals surface area contributed by atoms with Crippen molar-refractivity contribution < 1.29 is 9.18 Å². The zero-order valence-electron chi connectivity index (χ0n) is 15.7. The molecule has 0 unspecified atom stereocenters. The smallest absolute Gasteiger partial charge is 0.272 e. The number of amides is 1. The quantitative estimate of drug-likeness (QED) is 0.754. The third-order valence-electron chi connectivity index (χ3n) is 4.86. The minimum Gasteiger partial charge on any atom is -0.366 e. The molecule has 1 aliphatic heterocycles. The van der Waals surface area contributed by atoms with Gasteiger partial charge in [0.25, 0.3) is 5.91 Å². The number of rotatable bonds is 4. The normalized spacial score (nSPS) is 13.1. The molecule has 2 aromatic carbocycles. The molecule has 1 N–H and O–H groups in total. The van der Waals surface area contributed by atoms with Crippen LogP contribution in [-0.4, -0.2) is 27.3 Å². The molecule has 0 saturated carbocycles. The summed E-state index contributed by atoms with van der Waals surface area (Å²) in [5.41, 5.74) is 3.79. The van der Waals surface area contributed by atoms with Crippen LogP contribution in [-0.2, 0) is 19.5 Å². The van der Waals surface area contributed by atoms with Crippen molar-refractivity contribution in [2.24, 2.45) is 0 Å². The SMILES string of the molecule is Cc1nc(NCc2ccc(F)cc2)cc(C(=O)N2CCc3ccccc3C2)n1. The van der Waals surface area contributed by atoms with Gasteiger partial charge in [-0.05, 0) is 42.2 Å². The highest BCUT2D eigenvalue weighted by Crippen LogP contribution is 2.20. The van der Waals surface area contributed by atoms with Gasteiger partial charge in [-0.2, -0.15) is 0 Å². The van der Waals surface area contributed by atoms with Gasteiger partial charge in [0.05, 0.1) is 0 Å². The summed E-state index contributed by atoms with van der Waals surface area (Å²) in [6.07, 6.45) is 0.849. The number of hydrogen-bond donors (Lipinski definition) is 1. The second-order valence-corrected chi connectivity index (χ2v) is 6.91. The number of benzene rings is 2. The van der Waals surface area contributed by atoms with Crippen LogP contribution in [0.3, 0.4) is 0 Å². The topological polar surface area (TPSA) is 58.1 Å². The Kier molecular flexibility index (Phi) is 5.02. The zero-order valence-corrected chi connectivity index (χ0v) is 15.7. The van der Waals surface area contributed by atoms with E-state index in [1.807, 2.05) is 17.0 Å². The second kappa shape index (κ2) is 7.76. The number of carbonyl (C=O) groups is 1. The van der Waals surface area contributed by atoms with Crippen molar-refractivity contribution in [2.75, 3.05) is 11.9 Å². The van der Waals surface area contributed by atoms with E-state index in [0.717, 1.165) is 12.0 Å². The minimum atomic E-state index is -0.266. The number of anilines is 1. The maximum Gasteiger partial charge on any atom is 0.272 e. The van der Waals surface area contributed by atoms with Crippen LogP contribution in [0.15, 0.2) is 54.6 Å². The highest BCUT2D eigenvalue weighted by Gasteiger charge is 2.23. The van der Waals surface area contributed by atoms with Crippen LogP contribution >= 0.6 is 0 Å². The molecule has 0 spiro atoms. The Morgan fingerprint density at radius 1 is 1.11 bits per heavy atom. The molecule has 1 aliphatic rings. The Labute approximate surface area is 163 Å². The van der Waals surface area contributed by atoms with Crippen molar-refractivity contribution in [3.05, 3.63) is 88.6 Å². The summed E-state index contributed by atoms with van der Waals surface area (Å²) in [4.78, 5) is 23.5. The summed E-state index contributed by atoms with van der Waals surface area (Å²) in [5, 5.41) is 3.19. The molecule has 1 aromatic heterocycles. The maximum atomic E-state index is 13.0. The average Bonchev–Trinajstić information content (AvgIpc) is 2.72. The fourth-order valence-electron chi connectivity index (χ4n) is 3.39. The van der Waals surface area contributed by atoms with Crippen LogP contribution in [0.5, 0.6) is 0 Å². The Hall–Kier alpha value is -3.28. The summed E-state index contributed by atoms with van der Waals surface area (Å²) in [5.74, 6) is 0.755. The first-order valence-corrected chi connectivity index (χ1v) is 9.28. The fraction of sp³-hybridized carbons (Fsp3) is 0.227. The van der Waals surface area contributed by atoms with Gasteiger partial charge in [0.15, 0.2) is 0 Å². The van der Waals surface area contributed by atoms with Crippen LogP contribution in [0.4, 0.5) is 10.2 Å². The summed E-state index contributed by atoms with van der Waals surface area (Å²) in [7, 11) is 0. The number of halogens is 1. The van der Waals surface area contributed by atoms with Crippen LogP contribution in [0.2, 0.25) is 0 Å². The standard InChI is InChI=1S/C22H21FN4O/c1-15-25-20(12-21(26-15)24-13-16-6-8-19(23)9-7-16)22(28)27-11-10-17-4-2-3-5-18(17)14-27/h2-9,12H,10-11,13-14H2,1H3,(H,24,25,26). The van der Waals surface area contributed by atoms with E-state index < -0.39 is 0 Å². The molecule has 3 aromatic rings. The predicted molar refractivity (Wildman–Crippen MR) is 105 cm³/mol. The lowest BCUT2D eigenvalue weighted by atomic mass is 10.00. The lowest BCUT2D eigenvalue weighted by molar-refractivity contribution is 0.0728. The predicted octanol–water partition coefficient (Wildman–Crippen LogP) is 3.73. The molecule has 0 atom stereocenters. The van der Waals surface area contributed by atoms with Gasteiger partial charge >= 0.3 is 0 Å². The maximum absolute atomic E-state index is 13.0. The van der Waals surface area contributed by atoms with Gasteiger partial charge < -0.3 is 10.2 Å². The molecule has 0 bridgehead atoms. The number of aryl methyl sites for hydroxylation is 1. The van der Waals surface area contributed by atoms with Crippen molar-refractivity contribution in [3.63, 3.8) is 0 Å². The van der Waals surface area contributed by atoms with E-state index >= 15 is 0 Å². The third-order valence-corrected chi connectivity index (χ3v) is 4.86. The number of hydrogen-bond acceptors (Lipinski definition) is 4. The molecule has 0 radical (unpaired) electrons. The van der Waals surface area contributed by atoms with E-state index in [-0.39, 0.29) is 11.7 Å². The molecular formula is C22H21FN4O. The first-order valence-electron chi connectivity index (χ1n) is 9.28. The summed E-state index contributed by atoms with van der Waals surface area (Å²) < 4.78 is 13.0. The lowest BCUT2D eigenvalue weighted by Crippen LogP contribution is -2.36. The summed E-state index contributed by atoms with van der Waals surface area (Å²) in [6.45, 7) is 3.53. The monoisotopic (exact) mass is 376 g/mol. The van der Waals surface area contributed by atoms with Crippen LogP contribution in [0.1, 0.15) is 33.0 Å². The molecular weight excluding hydrogens is 355 g/mol. The Morgan fingerprint density at radius 2 is 1.86 bits per heavy atom. The zero-order chi connectivity index (χ0) is 19.5. The van der Waals surface area contributed by atoms with E-state index in [0.29, 0.717) is 37.0 Å². The largest absolute Gasteiger partial charge is 0.366 e. The number of carbonyl (C=O) groups excluding carboxylic acids is 1. The molecule has 0 saturated heterocycles. The van der Waals surface area contributed by atoms with Crippen molar-refractivity contribution in [1.29, 1.82) is 0 Å². The third kappa shape index (κ3) is 4.01. The minimum absolute atomic E-state index is 0.0927. The van der Waals surface area contributed by atoms with Crippen molar-refractivity contribution in [3.8, 4) is 0 Å². The molecule has 6 heteroatoms. The van der Waals surface area contributed by atoms with Gasteiger partial charge in [0.2, 0.25) is 0 Å². The highest BCUT2D eigenvalue weighted by atomic mass is 19.1. The molecule has 28 heavy (non-hydrogen) atoms. The van der Waals surface area contributed by atoms with Gasteiger partial charge in [0, 0.05) is 25.7 Å². The Bertz CT molecular complexity index is 1000. The fourth-order valence-corrected chi connectivity index (χ4v) is 3.39. The lowest BCUT2D eigenvalue weighted by Gasteiger charge is -2.28. The van der Waals surface area contributed by atoms with Crippen molar-refractivity contribution >= 4 is 11.7 Å². The summed E-state index contributed by atoms with van der Waals surface area (Å²) in [6, 6.07) is 16.2. The van der Waals surface area contributed by atoms with Gasteiger partial charge in [-0.3, -0.25) is 4.79 Å². The van der Waals surface area contributed by atoms with E-state index in [1.54, 1.807) is 25.1 Å². The van der Waals surface area contributed by atoms with Gasteiger partial charge in [-0.15, -0.1) is 0 Å². The Balaban J connectivity index is 1.49. The summed E-state index contributed by atoms with van der Waals surface area (Å²) >= 11 is 0. The van der Waals surface area contributed by atoms with Crippen molar-refractivity contribution in [2.45, 2.75) is 26.4 Å². The second-order valence-electron chi connectivity index (χ2n) is 6.91. The average molecular weight is 376 g/mol. The number of nitrogens with one attached hydrogen (secondary N) is 1. The molecule has 0 aliphatic carbocycles. The first-order chi connectivity index (χ1) is 13.6.